The average molecular weight is 294 g/mol. The van der Waals surface area contributed by atoms with E-state index in [9.17, 15) is 14.5 Å². The van der Waals surface area contributed by atoms with Gasteiger partial charge in [-0.15, -0.1) is 0 Å². The zero-order valence-corrected chi connectivity index (χ0v) is 11.8. The monoisotopic (exact) mass is 294 g/mol. The number of rotatable bonds is 3. The van der Waals surface area contributed by atoms with Crippen LogP contribution < -0.4 is 10.2 Å². The molecular formula is C14H19FN4O2. The third kappa shape index (κ3) is 2.84. The summed E-state index contributed by atoms with van der Waals surface area (Å²) in [6.07, 6.45) is 1.14. The molecular weight excluding hydrogens is 275 g/mol. The predicted octanol–water partition coefficient (Wildman–Crippen LogP) is 1.22. The highest BCUT2D eigenvalue weighted by molar-refractivity contribution is 5.64. The summed E-state index contributed by atoms with van der Waals surface area (Å²) in [6.45, 7) is 4.93. The number of nitrogens with zero attached hydrogens (tertiary/aromatic N) is 3. The van der Waals surface area contributed by atoms with Gasteiger partial charge in [0.05, 0.1) is 4.92 Å². The lowest BCUT2D eigenvalue weighted by molar-refractivity contribution is -0.384. The van der Waals surface area contributed by atoms with Crippen LogP contribution in [0.5, 0.6) is 0 Å². The largest absolute Gasteiger partial charge is 0.361 e. The molecule has 0 bridgehead atoms. The molecule has 21 heavy (non-hydrogen) atoms. The molecule has 1 aromatic carbocycles. The van der Waals surface area contributed by atoms with E-state index in [4.69, 9.17) is 0 Å². The molecule has 114 valence electrons. The summed E-state index contributed by atoms with van der Waals surface area (Å²) in [5.74, 6) is -0.514. The van der Waals surface area contributed by atoms with Gasteiger partial charge in [-0.1, -0.05) is 6.07 Å². The van der Waals surface area contributed by atoms with Gasteiger partial charge in [-0.3, -0.25) is 15.0 Å². The van der Waals surface area contributed by atoms with Crippen molar-refractivity contribution >= 4 is 11.4 Å². The smallest absolute Gasteiger partial charge is 0.295 e. The summed E-state index contributed by atoms with van der Waals surface area (Å²) in [5, 5.41) is 14.4. The highest BCUT2D eigenvalue weighted by Crippen LogP contribution is 2.31. The molecule has 1 unspecified atom stereocenters. The zero-order valence-electron chi connectivity index (χ0n) is 11.8. The van der Waals surface area contributed by atoms with Crippen molar-refractivity contribution in [3.8, 4) is 0 Å². The molecule has 2 heterocycles. The first-order valence-corrected chi connectivity index (χ1v) is 7.29. The summed E-state index contributed by atoms with van der Waals surface area (Å²) in [7, 11) is 0. The normalized spacial score (nSPS) is 23.5. The number of hydrogen-bond donors (Lipinski definition) is 1. The first-order chi connectivity index (χ1) is 10.2. The first kappa shape index (κ1) is 14.2. The van der Waals surface area contributed by atoms with E-state index in [0.29, 0.717) is 19.1 Å². The Balaban J connectivity index is 1.73. The van der Waals surface area contributed by atoms with Crippen LogP contribution in [0.2, 0.25) is 0 Å². The zero-order chi connectivity index (χ0) is 14.8. The summed E-state index contributed by atoms with van der Waals surface area (Å²) < 4.78 is 14.0. The Morgan fingerprint density at radius 2 is 2.05 bits per heavy atom. The molecule has 1 N–H and O–H groups in total. The number of halogens is 1. The van der Waals surface area contributed by atoms with Crippen LogP contribution in [0.15, 0.2) is 18.2 Å². The summed E-state index contributed by atoms with van der Waals surface area (Å²) >= 11 is 0. The van der Waals surface area contributed by atoms with Gasteiger partial charge in [0, 0.05) is 44.8 Å². The van der Waals surface area contributed by atoms with E-state index in [2.05, 4.69) is 10.2 Å². The van der Waals surface area contributed by atoms with Crippen LogP contribution in [-0.2, 0) is 0 Å². The molecule has 0 amide bonds. The van der Waals surface area contributed by atoms with Crippen molar-refractivity contribution in [3.63, 3.8) is 0 Å². The Morgan fingerprint density at radius 1 is 1.29 bits per heavy atom. The molecule has 3 rings (SSSR count). The van der Waals surface area contributed by atoms with E-state index in [0.717, 1.165) is 32.6 Å². The molecule has 2 aliphatic heterocycles. The molecule has 1 atom stereocenters. The fourth-order valence-electron chi connectivity index (χ4n) is 3.23. The standard InChI is InChI=1S/C14H19FN4O2/c15-12-2-1-3-13(19(20)21)14(12)18-8-6-17(7-9-18)11-4-5-16-10-11/h1-3,11,16H,4-10H2. The minimum Gasteiger partial charge on any atom is -0.361 e. The van der Waals surface area contributed by atoms with Crippen LogP contribution in [0.4, 0.5) is 15.8 Å². The fraction of sp³-hybridized carbons (Fsp3) is 0.571. The molecule has 0 saturated carbocycles. The third-order valence-electron chi connectivity index (χ3n) is 4.34. The molecule has 0 radical (unpaired) electrons. The summed E-state index contributed by atoms with van der Waals surface area (Å²) in [5.41, 5.74) is -0.0160. The maximum atomic E-state index is 14.0. The molecule has 2 aliphatic rings. The average Bonchev–Trinajstić information content (AvgIpc) is 3.01. The third-order valence-corrected chi connectivity index (χ3v) is 4.34. The lowest BCUT2D eigenvalue weighted by Crippen LogP contribution is -2.51. The predicted molar refractivity (Wildman–Crippen MR) is 78.1 cm³/mol. The summed E-state index contributed by atoms with van der Waals surface area (Å²) in [6, 6.07) is 4.58. The van der Waals surface area contributed by atoms with Crippen molar-refractivity contribution in [2.75, 3.05) is 44.2 Å². The first-order valence-electron chi connectivity index (χ1n) is 7.29. The van der Waals surface area contributed by atoms with Crippen molar-refractivity contribution < 1.29 is 9.31 Å². The Bertz CT molecular complexity index is 526. The van der Waals surface area contributed by atoms with E-state index in [1.165, 1.54) is 18.2 Å². The van der Waals surface area contributed by atoms with Crippen LogP contribution in [-0.4, -0.2) is 55.1 Å². The molecule has 7 heteroatoms. The molecule has 2 saturated heterocycles. The number of nitro groups is 1. The van der Waals surface area contributed by atoms with Crippen LogP contribution >= 0.6 is 0 Å². The molecule has 6 nitrogen and oxygen atoms in total. The topological polar surface area (TPSA) is 61.7 Å². The van der Waals surface area contributed by atoms with Crippen molar-refractivity contribution in [1.29, 1.82) is 0 Å². The Kier molecular flexibility index (Phi) is 4.03. The van der Waals surface area contributed by atoms with Crippen LogP contribution in [0.25, 0.3) is 0 Å². The van der Waals surface area contributed by atoms with Gasteiger partial charge in [0.25, 0.3) is 5.69 Å². The molecule has 2 fully saturated rings. The number of benzene rings is 1. The SMILES string of the molecule is O=[N+]([O-])c1cccc(F)c1N1CCN(C2CCNC2)CC1. The Hall–Kier alpha value is -1.73. The summed E-state index contributed by atoms with van der Waals surface area (Å²) in [4.78, 5) is 14.8. The minimum atomic E-state index is -0.514. The number of para-hydroxylation sites is 1. The lowest BCUT2D eigenvalue weighted by atomic mass is 10.1. The molecule has 0 aromatic heterocycles. The van der Waals surface area contributed by atoms with Gasteiger partial charge in [-0.2, -0.15) is 0 Å². The van der Waals surface area contributed by atoms with E-state index in [1.807, 2.05) is 0 Å². The van der Waals surface area contributed by atoms with Crippen LogP contribution in [0, 0.1) is 15.9 Å². The number of nitro benzene ring substituents is 1. The van der Waals surface area contributed by atoms with Crippen LogP contribution in [0.1, 0.15) is 6.42 Å². The van der Waals surface area contributed by atoms with Gasteiger partial charge < -0.3 is 10.2 Å². The molecule has 0 aliphatic carbocycles. The van der Waals surface area contributed by atoms with Gasteiger partial charge in [0.15, 0.2) is 11.5 Å². The number of hydrogen-bond acceptors (Lipinski definition) is 5. The highest BCUT2D eigenvalue weighted by atomic mass is 19.1. The second kappa shape index (κ2) is 5.95. The molecule has 1 aromatic rings. The van der Waals surface area contributed by atoms with E-state index >= 15 is 0 Å². The van der Waals surface area contributed by atoms with Crippen molar-refractivity contribution in [2.45, 2.75) is 12.5 Å². The van der Waals surface area contributed by atoms with Crippen LogP contribution in [0.3, 0.4) is 0 Å². The maximum absolute atomic E-state index is 14.0. The van der Waals surface area contributed by atoms with Gasteiger partial charge in [-0.05, 0) is 19.0 Å². The highest BCUT2D eigenvalue weighted by Gasteiger charge is 2.30. The number of nitrogens with one attached hydrogen (secondary N) is 1. The van der Waals surface area contributed by atoms with E-state index < -0.39 is 10.7 Å². The number of piperazine rings is 1. The molecule has 0 spiro atoms. The number of anilines is 1. The lowest BCUT2D eigenvalue weighted by Gasteiger charge is -2.38. The van der Waals surface area contributed by atoms with Gasteiger partial charge in [0.1, 0.15) is 0 Å². The Labute approximate surface area is 122 Å². The quantitative estimate of drug-likeness (QED) is 0.671. The van der Waals surface area contributed by atoms with Crippen molar-refractivity contribution in [1.82, 2.24) is 10.2 Å². The minimum absolute atomic E-state index is 0.131. The Morgan fingerprint density at radius 3 is 2.67 bits per heavy atom. The van der Waals surface area contributed by atoms with Gasteiger partial charge in [-0.25, -0.2) is 4.39 Å². The van der Waals surface area contributed by atoms with Crippen molar-refractivity contribution in [2.24, 2.45) is 0 Å². The fourth-order valence-corrected chi connectivity index (χ4v) is 3.23. The van der Waals surface area contributed by atoms with Gasteiger partial charge >= 0.3 is 0 Å². The second-order valence-electron chi connectivity index (χ2n) is 5.53. The van der Waals surface area contributed by atoms with Gasteiger partial charge in [0.2, 0.25) is 0 Å². The maximum Gasteiger partial charge on any atom is 0.295 e. The second-order valence-corrected chi connectivity index (χ2v) is 5.53. The van der Waals surface area contributed by atoms with Crippen molar-refractivity contribution in [3.05, 3.63) is 34.1 Å². The van der Waals surface area contributed by atoms with E-state index in [-0.39, 0.29) is 11.4 Å². The van der Waals surface area contributed by atoms with E-state index in [1.54, 1.807) is 4.90 Å².